The Balaban J connectivity index is 1.80. The first kappa shape index (κ1) is 20.3. The second kappa shape index (κ2) is 8.72. The number of nitrogens with one attached hydrogen (secondary N) is 1. The fourth-order valence-corrected chi connectivity index (χ4v) is 3.57. The maximum Gasteiger partial charge on any atom is 0.313 e. The number of hydrogen-bond acceptors (Lipinski definition) is 5. The molecule has 0 bridgehead atoms. The minimum absolute atomic E-state index is 0.0199. The molecular weight excluding hydrogens is 372 g/mol. The molecule has 1 aliphatic heterocycles. The van der Waals surface area contributed by atoms with Crippen LogP contribution in [0.2, 0.25) is 0 Å². The van der Waals surface area contributed by atoms with Crippen LogP contribution < -0.4 is 15.8 Å². The number of benzene rings is 1. The fraction of sp³-hybridized carbons (Fsp3) is 0.333. The van der Waals surface area contributed by atoms with Crippen molar-refractivity contribution in [2.24, 2.45) is 11.7 Å². The van der Waals surface area contributed by atoms with Crippen molar-refractivity contribution in [3.05, 3.63) is 53.7 Å². The van der Waals surface area contributed by atoms with Gasteiger partial charge in [0.25, 0.3) is 5.91 Å². The standard InChI is InChI=1S/C21H24N4O4/c1-13-8-9-17(14-6-4-3-5-7-14)25(12-13)21(28)19(27)24-15-10-16(18(22)26)20(29-2)23-11-15/h3-7,10-11,13,17H,8-9,12H2,1-2H3,(H2,22,26)(H,24,27)/t13-,17-/m0/s1. The fourth-order valence-electron chi connectivity index (χ4n) is 3.57. The van der Waals surface area contributed by atoms with Crippen molar-refractivity contribution < 1.29 is 19.1 Å². The van der Waals surface area contributed by atoms with Crippen LogP contribution in [0.5, 0.6) is 5.88 Å². The van der Waals surface area contributed by atoms with E-state index in [4.69, 9.17) is 10.5 Å². The number of methoxy groups -OCH3 is 1. The van der Waals surface area contributed by atoms with Crippen molar-refractivity contribution in [1.29, 1.82) is 0 Å². The summed E-state index contributed by atoms with van der Waals surface area (Å²) in [6.45, 7) is 2.56. The molecule has 0 unspecified atom stereocenters. The van der Waals surface area contributed by atoms with E-state index in [0.717, 1.165) is 18.4 Å². The third-order valence-corrected chi connectivity index (χ3v) is 5.02. The number of nitrogens with two attached hydrogens (primary N) is 1. The van der Waals surface area contributed by atoms with Crippen molar-refractivity contribution in [3.8, 4) is 5.88 Å². The lowest BCUT2D eigenvalue weighted by atomic mass is 9.90. The van der Waals surface area contributed by atoms with Gasteiger partial charge in [-0.15, -0.1) is 0 Å². The molecule has 1 aliphatic rings. The summed E-state index contributed by atoms with van der Waals surface area (Å²) in [6.07, 6.45) is 3.08. The smallest absolute Gasteiger partial charge is 0.313 e. The Morgan fingerprint density at radius 2 is 1.93 bits per heavy atom. The van der Waals surface area contributed by atoms with Crippen molar-refractivity contribution in [1.82, 2.24) is 9.88 Å². The van der Waals surface area contributed by atoms with Gasteiger partial charge in [0.2, 0.25) is 5.88 Å². The summed E-state index contributed by atoms with van der Waals surface area (Å²) in [4.78, 5) is 42.7. The van der Waals surface area contributed by atoms with Crippen molar-refractivity contribution >= 4 is 23.4 Å². The summed E-state index contributed by atoms with van der Waals surface area (Å²) in [5, 5.41) is 2.52. The molecule has 8 nitrogen and oxygen atoms in total. The van der Waals surface area contributed by atoms with Gasteiger partial charge in [-0.1, -0.05) is 37.3 Å². The highest BCUT2D eigenvalue weighted by atomic mass is 16.5. The highest BCUT2D eigenvalue weighted by molar-refractivity contribution is 6.39. The molecule has 1 fully saturated rings. The van der Waals surface area contributed by atoms with Crippen LogP contribution in [0.25, 0.3) is 0 Å². The van der Waals surface area contributed by atoms with Gasteiger partial charge in [-0.3, -0.25) is 14.4 Å². The molecule has 3 rings (SSSR count). The number of amides is 3. The number of hydrogen-bond donors (Lipinski definition) is 2. The highest BCUT2D eigenvalue weighted by Gasteiger charge is 2.34. The van der Waals surface area contributed by atoms with E-state index in [0.29, 0.717) is 12.5 Å². The van der Waals surface area contributed by atoms with E-state index in [1.165, 1.54) is 19.4 Å². The largest absolute Gasteiger partial charge is 0.480 e. The average molecular weight is 396 g/mol. The molecule has 0 spiro atoms. The van der Waals surface area contributed by atoms with Crippen LogP contribution in [0.15, 0.2) is 42.6 Å². The SMILES string of the molecule is COc1ncc(NC(=O)C(=O)N2C[C@@H](C)CC[C@H]2c2ccccc2)cc1C(N)=O. The van der Waals surface area contributed by atoms with Gasteiger partial charge in [-0.2, -0.15) is 0 Å². The molecule has 1 saturated heterocycles. The average Bonchev–Trinajstić information content (AvgIpc) is 2.73. The normalized spacial score (nSPS) is 18.8. The maximum absolute atomic E-state index is 13.0. The molecule has 3 N–H and O–H groups in total. The number of nitrogens with zero attached hydrogens (tertiary/aromatic N) is 2. The Morgan fingerprint density at radius 1 is 1.21 bits per heavy atom. The molecule has 0 aliphatic carbocycles. The number of primary amides is 1. The molecule has 152 valence electrons. The molecule has 1 aromatic heterocycles. The van der Waals surface area contributed by atoms with E-state index in [9.17, 15) is 14.4 Å². The summed E-state index contributed by atoms with van der Waals surface area (Å²) in [6, 6.07) is 10.9. The Hall–Kier alpha value is -3.42. The molecular formula is C21H24N4O4. The van der Waals surface area contributed by atoms with Crippen LogP contribution in [0, 0.1) is 5.92 Å². The van der Waals surface area contributed by atoms with Crippen molar-refractivity contribution in [3.63, 3.8) is 0 Å². The summed E-state index contributed by atoms with van der Waals surface area (Å²) >= 11 is 0. The van der Waals surface area contributed by atoms with E-state index in [1.807, 2.05) is 30.3 Å². The van der Waals surface area contributed by atoms with E-state index < -0.39 is 17.7 Å². The third kappa shape index (κ3) is 4.53. The number of aromatic nitrogens is 1. The molecule has 29 heavy (non-hydrogen) atoms. The number of carbonyl (C=O) groups is 3. The van der Waals surface area contributed by atoms with Gasteiger partial charge in [0, 0.05) is 6.54 Å². The van der Waals surface area contributed by atoms with Crippen LogP contribution in [-0.4, -0.2) is 41.3 Å². The topological polar surface area (TPSA) is 115 Å². The van der Waals surface area contributed by atoms with Gasteiger partial charge >= 0.3 is 11.8 Å². The van der Waals surface area contributed by atoms with Crippen molar-refractivity contribution in [2.75, 3.05) is 19.0 Å². The molecule has 3 amide bonds. The predicted molar refractivity (Wildman–Crippen MR) is 107 cm³/mol. The minimum atomic E-state index is -0.789. The Kier molecular flexibility index (Phi) is 6.11. The lowest BCUT2D eigenvalue weighted by molar-refractivity contribution is -0.146. The summed E-state index contributed by atoms with van der Waals surface area (Å²) < 4.78 is 4.98. The number of piperidine rings is 1. The molecule has 2 heterocycles. The number of carbonyl (C=O) groups excluding carboxylic acids is 3. The van der Waals surface area contributed by atoms with Crippen LogP contribution in [-0.2, 0) is 9.59 Å². The van der Waals surface area contributed by atoms with Gasteiger partial charge in [0.15, 0.2) is 0 Å². The van der Waals surface area contributed by atoms with Crippen LogP contribution >= 0.6 is 0 Å². The second-order valence-corrected chi connectivity index (χ2v) is 7.17. The van der Waals surface area contributed by atoms with E-state index in [2.05, 4.69) is 17.2 Å². The van der Waals surface area contributed by atoms with Crippen LogP contribution in [0.3, 0.4) is 0 Å². The Bertz CT molecular complexity index is 916. The van der Waals surface area contributed by atoms with Gasteiger partial charge < -0.3 is 20.7 Å². The second-order valence-electron chi connectivity index (χ2n) is 7.17. The molecule has 8 heteroatoms. The number of rotatable bonds is 4. The molecule has 2 aromatic rings. The number of likely N-dealkylation sites (tertiary alicyclic amines) is 1. The summed E-state index contributed by atoms with van der Waals surface area (Å²) in [7, 11) is 1.36. The van der Waals surface area contributed by atoms with E-state index in [1.54, 1.807) is 4.90 Å². The highest BCUT2D eigenvalue weighted by Crippen LogP contribution is 2.33. The van der Waals surface area contributed by atoms with Gasteiger partial charge in [-0.05, 0) is 30.4 Å². The molecule has 0 radical (unpaired) electrons. The first-order chi connectivity index (χ1) is 13.9. The zero-order valence-electron chi connectivity index (χ0n) is 16.4. The monoisotopic (exact) mass is 396 g/mol. The molecule has 2 atom stereocenters. The van der Waals surface area contributed by atoms with Crippen LogP contribution in [0.4, 0.5) is 5.69 Å². The lowest BCUT2D eigenvalue weighted by Crippen LogP contribution is -2.46. The van der Waals surface area contributed by atoms with E-state index in [-0.39, 0.29) is 23.2 Å². The lowest BCUT2D eigenvalue weighted by Gasteiger charge is -2.38. The first-order valence-corrected chi connectivity index (χ1v) is 9.41. The number of pyridine rings is 1. The zero-order valence-corrected chi connectivity index (χ0v) is 16.4. The number of ether oxygens (including phenoxy) is 1. The van der Waals surface area contributed by atoms with Crippen LogP contribution in [0.1, 0.15) is 41.7 Å². The molecule has 0 saturated carbocycles. The predicted octanol–water partition coefficient (Wildman–Crippen LogP) is 2.13. The summed E-state index contributed by atoms with van der Waals surface area (Å²) in [5.41, 5.74) is 6.53. The quantitative estimate of drug-likeness (QED) is 0.769. The third-order valence-electron chi connectivity index (χ3n) is 5.02. The van der Waals surface area contributed by atoms with Crippen molar-refractivity contribution in [2.45, 2.75) is 25.8 Å². The zero-order chi connectivity index (χ0) is 21.0. The maximum atomic E-state index is 13.0. The Labute approximate surface area is 169 Å². The minimum Gasteiger partial charge on any atom is -0.480 e. The number of anilines is 1. The van der Waals surface area contributed by atoms with Gasteiger partial charge in [-0.25, -0.2) is 4.98 Å². The van der Waals surface area contributed by atoms with Gasteiger partial charge in [0.1, 0.15) is 5.56 Å². The first-order valence-electron chi connectivity index (χ1n) is 9.41. The van der Waals surface area contributed by atoms with Gasteiger partial charge in [0.05, 0.1) is 25.0 Å². The Morgan fingerprint density at radius 3 is 2.59 bits per heavy atom. The molecule has 1 aromatic carbocycles. The van der Waals surface area contributed by atoms with E-state index >= 15 is 0 Å². The summed E-state index contributed by atoms with van der Waals surface area (Å²) in [5.74, 6) is -1.80.